The number of hydrogen-bond acceptors (Lipinski definition) is 2. The summed E-state index contributed by atoms with van der Waals surface area (Å²) in [5.41, 5.74) is 8.37. The molecule has 0 aliphatic rings. The lowest BCUT2D eigenvalue weighted by molar-refractivity contribution is -0.132. The maximum atomic E-state index is 13.3. The van der Waals surface area contributed by atoms with Gasteiger partial charge in [0.2, 0.25) is 0 Å². The Hall–Kier alpha value is -2.33. The summed E-state index contributed by atoms with van der Waals surface area (Å²) in [6, 6.07) is 4.31. The van der Waals surface area contributed by atoms with Gasteiger partial charge >= 0.3 is 5.97 Å². The van der Waals surface area contributed by atoms with E-state index in [0.29, 0.717) is 0 Å². The average Bonchev–Trinajstić information content (AvgIpc) is 2.20. The number of nitrogens with zero attached hydrogens (tertiary/aromatic N) is 3. The normalized spacial score (nSPS) is 10.8. The predicted octanol–water partition coefficient (Wildman–Crippen LogP) is 2.87. The first-order valence-electron chi connectivity index (χ1n) is 4.31. The number of carboxylic acid groups (broad SMARTS) is 1. The molecule has 0 atom stereocenters. The second kappa shape index (κ2) is 4.95. The number of halogens is 1. The van der Waals surface area contributed by atoms with E-state index in [1.54, 1.807) is 13.0 Å². The third kappa shape index (κ3) is 2.83. The lowest BCUT2D eigenvalue weighted by atomic mass is 10.1. The van der Waals surface area contributed by atoms with Crippen LogP contribution in [0.4, 0.5) is 4.39 Å². The Kier molecular flexibility index (Phi) is 3.63. The zero-order chi connectivity index (χ0) is 12.1. The van der Waals surface area contributed by atoms with Crippen LogP contribution in [-0.2, 0) is 4.79 Å². The summed E-state index contributed by atoms with van der Waals surface area (Å²) in [4.78, 5) is 13.0. The Balaban J connectivity index is 3.23. The Bertz CT molecular complexity index is 501. The predicted molar refractivity (Wildman–Crippen MR) is 55.9 cm³/mol. The first kappa shape index (κ1) is 11.7. The van der Waals surface area contributed by atoms with Crippen LogP contribution in [0.3, 0.4) is 0 Å². The first-order valence-corrected chi connectivity index (χ1v) is 4.31. The largest absolute Gasteiger partial charge is 0.478 e. The highest BCUT2D eigenvalue weighted by molar-refractivity contribution is 5.91. The molecule has 1 N–H and O–H groups in total. The minimum absolute atomic E-state index is 0.0652. The van der Waals surface area contributed by atoms with Crippen molar-refractivity contribution in [3.8, 4) is 0 Å². The van der Waals surface area contributed by atoms with Crippen molar-refractivity contribution in [2.24, 2.45) is 5.11 Å². The molecule has 0 saturated carbocycles. The number of rotatable bonds is 3. The molecule has 0 aliphatic heterocycles. The monoisotopic (exact) mass is 221 g/mol. The number of carboxylic acids is 1. The summed E-state index contributed by atoms with van der Waals surface area (Å²) in [5, 5.41) is 11.6. The van der Waals surface area contributed by atoms with Crippen molar-refractivity contribution in [3.05, 3.63) is 51.3 Å². The first-order chi connectivity index (χ1) is 7.54. The van der Waals surface area contributed by atoms with Crippen LogP contribution >= 0.6 is 0 Å². The van der Waals surface area contributed by atoms with Gasteiger partial charge in [-0.25, -0.2) is 9.18 Å². The van der Waals surface area contributed by atoms with Crippen molar-refractivity contribution >= 4 is 12.0 Å². The Morgan fingerprint density at radius 3 is 2.81 bits per heavy atom. The minimum atomic E-state index is -1.40. The van der Waals surface area contributed by atoms with E-state index in [1.165, 1.54) is 12.1 Å². The number of aryl methyl sites for hydroxylation is 1. The third-order valence-electron chi connectivity index (χ3n) is 1.82. The van der Waals surface area contributed by atoms with Gasteiger partial charge in [0.15, 0.2) is 0 Å². The molecule has 0 amide bonds. The molecule has 1 rings (SSSR count). The maximum absolute atomic E-state index is 13.3. The quantitative estimate of drug-likeness (QED) is 0.368. The molecule has 1 aromatic carbocycles. The molecule has 0 aromatic heterocycles. The molecule has 5 nitrogen and oxygen atoms in total. The molecule has 16 heavy (non-hydrogen) atoms. The Morgan fingerprint density at radius 1 is 1.62 bits per heavy atom. The van der Waals surface area contributed by atoms with Gasteiger partial charge < -0.3 is 5.11 Å². The van der Waals surface area contributed by atoms with E-state index >= 15 is 0 Å². The van der Waals surface area contributed by atoms with Gasteiger partial charge in [-0.2, -0.15) is 0 Å². The maximum Gasteiger partial charge on any atom is 0.338 e. The van der Waals surface area contributed by atoms with Crippen molar-refractivity contribution in [3.63, 3.8) is 0 Å². The second-order valence-electron chi connectivity index (χ2n) is 3.05. The lowest BCUT2D eigenvalue weighted by Gasteiger charge is -1.99. The number of benzene rings is 1. The molecule has 0 fully saturated rings. The molecule has 0 heterocycles. The second-order valence-corrected chi connectivity index (χ2v) is 3.05. The van der Waals surface area contributed by atoms with Crippen molar-refractivity contribution in [1.82, 2.24) is 0 Å². The van der Waals surface area contributed by atoms with Crippen LogP contribution < -0.4 is 0 Å². The fraction of sp³-hybridized carbons (Fsp3) is 0.100. The fourth-order valence-corrected chi connectivity index (χ4v) is 1.08. The van der Waals surface area contributed by atoms with E-state index in [1.807, 2.05) is 0 Å². The van der Waals surface area contributed by atoms with Gasteiger partial charge in [0, 0.05) is 10.5 Å². The van der Waals surface area contributed by atoms with E-state index in [2.05, 4.69) is 10.0 Å². The highest BCUT2D eigenvalue weighted by atomic mass is 19.1. The van der Waals surface area contributed by atoms with Crippen molar-refractivity contribution in [2.45, 2.75) is 6.92 Å². The van der Waals surface area contributed by atoms with Crippen LogP contribution in [0.5, 0.6) is 0 Å². The van der Waals surface area contributed by atoms with E-state index in [-0.39, 0.29) is 5.56 Å². The molecule has 0 bridgehead atoms. The van der Waals surface area contributed by atoms with Crippen molar-refractivity contribution in [1.29, 1.82) is 0 Å². The number of hydrogen-bond donors (Lipinski definition) is 1. The molecular formula is C10H8FN3O2. The van der Waals surface area contributed by atoms with E-state index in [4.69, 9.17) is 10.6 Å². The summed E-state index contributed by atoms with van der Waals surface area (Å²) in [6.45, 7) is 1.71. The molecule has 0 unspecified atom stereocenters. The van der Waals surface area contributed by atoms with E-state index in [0.717, 1.165) is 11.6 Å². The van der Waals surface area contributed by atoms with Crippen molar-refractivity contribution in [2.75, 3.05) is 0 Å². The molecule has 0 saturated heterocycles. The van der Waals surface area contributed by atoms with Gasteiger partial charge in [0.05, 0.1) is 0 Å². The Morgan fingerprint density at radius 2 is 2.31 bits per heavy atom. The van der Waals surface area contributed by atoms with Crippen LogP contribution in [0.25, 0.3) is 16.5 Å². The summed E-state index contributed by atoms with van der Waals surface area (Å²) >= 11 is 0. The smallest absolute Gasteiger partial charge is 0.338 e. The van der Waals surface area contributed by atoms with Crippen LogP contribution in [0.2, 0.25) is 0 Å². The Labute approximate surface area is 90.5 Å². The van der Waals surface area contributed by atoms with Crippen LogP contribution in [0, 0.1) is 12.7 Å². The molecule has 0 radical (unpaired) electrons. The number of azide groups is 1. The molecule has 0 aliphatic carbocycles. The highest BCUT2D eigenvalue weighted by Crippen LogP contribution is 2.14. The molecule has 6 heteroatoms. The number of carbonyl (C=O) groups is 1. The molecule has 0 spiro atoms. The third-order valence-corrected chi connectivity index (χ3v) is 1.82. The molecule has 82 valence electrons. The average molecular weight is 221 g/mol. The SMILES string of the molecule is Cc1ccc(/C=C(\N=[N+]=[N-])C(=O)O)c(F)c1. The summed E-state index contributed by atoms with van der Waals surface area (Å²) in [7, 11) is 0. The zero-order valence-corrected chi connectivity index (χ0v) is 8.38. The van der Waals surface area contributed by atoms with Gasteiger partial charge in [0.25, 0.3) is 0 Å². The molecular weight excluding hydrogens is 213 g/mol. The highest BCUT2D eigenvalue weighted by Gasteiger charge is 2.07. The lowest BCUT2D eigenvalue weighted by Crippen LogP contribution is -1.97. The standard InChI is InChI=1S/C10H8FN3O2/c1-6-2-3-7(8(11)4-6)5-9(10(15)16)13-14-12/h2-5H,1H3,(H,15,16)/b9-5-. The summed E-state index contributed by atoms with van der Waals surface area (Å²) in [6.07, 6.45) is 0.983. The van der Waals surface area contributed by atoms with Crippen LogP contribution in [0.15, 0.2) is 29.0 Å². The number of aliphatic carboxylic acids is 1. The topological polar surface area (TPSA) is 86.1 Å². The van der Waals surface area contributed by atoms with Gasteiger partial charge in [-0.05, 0) is 30.2 Å². The van der Waals surface area contributed by atoms with Gasteiger partial charge in [-0.15, -0.1) is 0 Å². The van der Waals surface area contributed by atoms with Crippen LogP contribution in [0.1, 0.15) is 11.1 Å². The fourth-order valence-electron chi connectivity index (χ4n) is 1.08. The summed E-state index contributed by atoms with van der Waals surface area (Å²) in [5.74, 6) is -1.97. The molecule has 1 aromatic rings. The van der Waals surface area contributed by atoms with Gasteiger partial charge in [0.1, 0.15) is 11.5 Å². The van der Waals surface area contributed by atoms with Gasteiger partial charge in [-0.1, -0.05) is 17.2 Å². The van der Waals surface area contributed by atoms with Crippen molar-refractivity contribution < 1.29 is 14.3 Å². The zero-order valence-electron chi connectivity index (χ0n) is 8.38. The van der Waals surface area contributed by atoms with E-state index in [9.17, 15) is 9.18 Å². The minimum Gasteiger partial charge on any atom is -0.478 e. The van der Waals surface area contributed by atoms with Gasteiger partial charge in [-0.3, -0.25) is 0 Å². The van der Waals surface area contributed by atoms with Crippen LogP contribution in [-0.4, -0.2) is 11.1 Å². The summed E-state index contributed by atoms with van der Waals surface area (Å²) < 4.78 is 13.3. The van der Waals surface area contributed by atoms with E-state index < -0.39 is 17.5 Å².